The Morgan fingerprint density at radius 1 is 1.05 bits per heavy atom. The van der Waals surface area contributed by atoms with Crippen LogP contribution in [0.4, 0.5) is 5.69 Å². The molecule has 2 rings (SSSR count). The minimum atomic E-state index is -0.323. The molecule has 0 bridgehead atoms. The number of amides is 1. The van der Waals surface area contributed by atoms with Gasteiger partial charge in [0.1, 0.15) is 0 Å². The third kappa shape index (κ3) is 3.49. The molecule has 0 unspecified atom stereocenters. The van der Waals surface area contributed by atoms with Crippen molar-refractivity contribution in [2.24, 2.45) is 5.73 Å². The Morgan fingerprint density at radius 3 is 2.23 bits per heavy atom. The molecule has 1 amide bonds. The first-order valence-corrected chi connectivity index (χ1v) is 7.04. The number of benzene rings is 1. The third-order valence-electron chi connectivity index (χ3n) is 3.40. The molecule has 0 saturated heterocycles. The average Bonchev–Trinajstić information content (AvgIpc) is 2.42. The van der Waals surface area contributed by atoms with Gasteiger partial charge in [0.2, 0.25) is 0 Å². The molecule has 1 aromatic carbocycles. The molecule has 5 heteroatoms. The summed E-state index contributed by atoms with van der Waals surface area (Å²) < 4.78 is 0. The highest BCUT2D eigenvalue weighted by molar-refractivity contribution is 6.24. The molecule has 1 aromatic heterocycles. The quantitative estimate of drug-likeness (QED) is 0.853. The van der Waals surface area contributed by atoms with E-state index < -0.39 is 0 Å². The van der Waals surface area contributed by atoms with Gasteiger partial charge in [0.15, 0.2) is 5.82 Å². The van der Waals surface area contributed by atoms with Crippen LogP contribution in [0.1, 0.15) is 28.3 Å². The average molecular weight is 296 g/mol. The van der Waals surface area contributed by atoms with E-state index in [2.05, 4.69) is 15.3 Å². The van der Waals surface area contributed by atoms with Crippen LogP contribution in [0.2, 0.25) is 0 Å². The van der Waals surface area contributed by atoms with Crippen molar-refractivity contribution in [3.05, 3.63) is 58.8 Å². The van der Waals surface area contributed by atoms with Gasteiger partial charge in [-0.3, -0.25) is 4.79 Å². The number of nitrogens with two attached hydrogens (primary N) is 1. The number of nitrogens with zero attached hydrogens (tertiary/aromatic N) is 2. The third-order valence-corrected chi connectivity index (χ3v) is 3.40. The lowest BCUT2D eigenvalue weighted by Crippen LogP contribution is -2.17. The Morgan fingerprint density at radius 2 is 1.68 bits per heavy atom. The first-order valence-electron chi connectivity index (χ1n) is 7.04. The topological polar surface area (TPSA) is 80.9 Å². The summed E-state index contributed by atoms with van der Waals surface area (Å²) in [6.45, 7) is 7.73. The highest BCUT2D eigenvalue weighted by Gasteiger charge is 2.15. The fourth-order valence-electron chi connectivity index (χ4n) is 2.12. The molecule has 0 atom stereocenters. The standard InChI is InChI=1S/C17H20N4O/c1-10-5-6-14(7-11(10)2)21-17(22)15(9-18)16-19-12(3)8-13(4)20-16/h5-9H,18H2,1-4H3,(H,21,22). The molecule has 0 aliphatic rings. The lowest BCUT2D eigenvalue weighted by molar-refractivity contribution is -0.111. The second-order valence-corrected chi connectivity index (χ2v) is 5.31. The van der Waals surface area contributed by atoms with Gasteiger partial charge in [-0.1, -0.05) is 6.07 Å². The summed E-state index contributed by atoms with van der Waals surface area (Å²) in [7, 11) is 0. The Bertz CT molecular complexity index is 730. The summed E-state index contributed by atoms with van der Waals surface area (Å²) in [6.07, 6.45) is 1.24. The molecule has 114 valence electrons. The van der Waals surface area contributed by atoms with Crippen LogP contribution in [-0.4, -0.2) is 15.9 Å². The molecular weight excluding hydrogens is 276 g/mol. The zero-order chi connectivity index (χ0) is 16.3. The van der Waals surface area contributed by atoms with Crippen LogP contribution in [0.25, 0.3) is 5.57 Å². The SMILES string of the molecule is Cc1cc(C)nc(C(=CN)C(=O)Nc2ccc(C)c(C)c2)n1. The van der Waals surface area contributed by atoms with Gasteiger partial charge in [-0.05, 0) is 57.0 Å². The number of aromatic nitrogens is 2. The number of hydrogen-bond acceptors (Lipinski definition) is 4. The highest BCUT2D eigenvalue weighted by Crippen LogP contribution is 2.17. The van der Waals surface area contributed by atoms with Gasteiger partial charge in [0, 0.05) is 23.3 Å². The number of rotatable bonds is 3. The molecule has 0 spiro atoms. The van der Waals surface area contributed by atoms with Gasteiger partial charge in [-0.2, -0.15) is 0 Å². The van der Waals surface area contributed by atoms with Gasteiger partial charge in [-0.25, -0.2) is 9.97 Å². The van der Waals surface area contributed by atoms with E-state index in [1.165, 1.54) is 11.8 Å². The van der Waals surface area contributed by atoms with Gasteiger partial charge in [0.05, 0.1) is 5.57 Å². The molecule has 0 saturated carbocycles. The zero-order valence-electron chi connectivity index (χ0n) is 13.3. The van der Waals surface area contributed by atoms with Crippen LogP contribution in [0.15, 0.2) is 30.5 Å². The molecule has 0 aliphatic heterocycles. The molecular formula is C17H20N4O. The predicted octanol–water partition coefficient (Wildman–Crippen LogP) is 2.65. The van der Waals surface area contributed by atoms with Crippen LogP contribution in [0.5, 0.6) is 0 Å². The van der Waals surface area contributed by atoms with Gasteiger partial charge in [-0.15, -0.1) is 0 Å². The first-order chi connectivity index (χ1) is 10.4. The second-order valence-electron chi connectivity index (χ2n) is 5.31. The normalized spacial score (nSPS) is 11.4. The van der Waals surface area contributed by atoms with Crippen molar-refractivity contribution < 1.29 is 4.79 Å². The zero-order valence-corrected chi connectivity index (χ0v) is 13.3. The Kier molecular flexibility index (Phi) is 4.56. The molecule has 3 N–H and O–H groups in total. The van der Waals surface area contributed by atoms with Crippen molar-refractivity contribution in [3.63, 3.8) is 0 Å². The van der Waals surface area contributed by atoms with E-state index in [1.807, 2.05) is 52.0 Å². The van der Waals surface area contributed by atoms with E-state index >= 15 is 0 Å². The summed E-state index contributed by atoms with van der Waals surface area (Å²) in [5, 5.41) is 2.83. The van der Waals surface area contributed by atoms with Crippen molar-refractivity contribution in [1.29, 1.82) is 0 Å². The van der Waals surface area contributed by atoms with Crippen LogP contribution >= 0.6 is 0 Å². The smallest absolute Gasteiger partial charge is 0.260 e. The Balaban J connectivity index is 2.27. The number of nitrogens with one attached hydrogen (secondary N) is 1. The highest BCUT2D eigenvalue weighted by atomic mass is 16.1. The van der Waals surface area contributed by atoms with E-state index in [1.54, 1.807) is 0 Å². The molecule has 0 fully saturated rings. The van der Waals surface area contributed by atoms with Gasteiger partial charge >= 0.3 is 0 Å². The van der Waals surface area contributed by atoms with Crippen molar-refractivity contribution in [1.82, 2.24) is 9.97 Å². The summed E-state index contributed by atoms with van der Waals surface area (Å²) >= 11 is 0. The summed E-state index contributed by atoms with van der Waals surface area (Å²) in [5.41, 5.74) is 10.5. The number of anilines is 1. The minimum Gasteiger partial charge on any atom is -0.404 e. The lowest BCUT2D eigenvalue weighted by atomic mass is 10.1. The number of carbonyl (C=O) groups excluding carboxylic acids is 1. The van der Waals surface area contributed by atoms with E-state index in [4.69, 9.17) is 5.73 Å². The van der Waals surface area contributed by atoms with E-state index in [-0.39, 0.29) is 11.5 Å². The van der Waals surface area contributed by atoms with Crippen LogP contribution < -0.4 is 11.1 Å². The van der Waals surface area contributed by atoms with Crippen LogP contribution in [-0.2, 0) is 4.79 Å². The number of aryl methyl sites for hydroxylation is 4. The molecule has 5 nitrogen and oxygen atoms in total. The van der Waals surface area contributed by atoms with Crippen molar-refractivity contribution in [2.75, 3.05) is 5.32 Å². The fourth-order valence-corrected chi connectivity index (χ4v) is 2.12. The number of hydrogen-bond donors (Lipinski definition) is 2. The first kappa shape index (κ1) is 15.7. The van der Waals surface area contributed by atoms with E-state index in [0.29, 0.717) is 5.82 Å². The summed E-state index contributed by atoms with van der Waals surface area (Å²) in [5.74, 6) is 0.0112. The molecule has 22 heavy (non-hydrogen) atoms. The van der Waals surface area contributed by atoms with E-state index in [0.717, 1.165) is 22.6 Å². The maximum absolute atomic E-state index is 12.4. The predicted molar refractivity (Wildman–Crippen MR) is 88.2 cm³/mol. The molecule has 0 radical (unpaired) electrons. The van der Waals surface area contributed by atoms with Gasteiger partial charge < -0.3 is 11.1 Å². The van der Waals surface area contributed by atoms with Crippen LogP contribution in [0, 0.1) is 27.7 Å². The minimum absolute atomic E-state index is 0.255. The fraction of sp³-hybridized carbons (Fsp3) is 0.235. The number of carbonyl (C=O) groups is 1. The van der Waals surface area contributed by atoms with Crippen LogP contribution in [0.3, 0.4) is 0 Å². The van der Waals surface area contributed by atoms with Gasteiger partial charge in [0.25, 0.3) is 5.91 Å². The molecule has 0 aliphatic carbocycles. The van der Waals surface area contributed by atoms with Crippen molar-refractivity contribution >= 4 is 17.2 Å². The van der Waals surface area contributed by atoms with Crippen molar-refractivity contribution in [2.45, 2.75) is 27.7 Å². The molecule has 2 aromatic rings. The van der Waals surface area contributed by atoms with Crippen molar-refractivity contribution in [3.8, 4) is 0 Å². The maximum atomic E-state index is 12.4. The summed E-state index contributed by atoms with van der Waals surface area (Å²) in [6, 6.07) is 7.59. The Hall–Kier alpha value is -2.69. The lowest BCUT2D eigenvalue weighted by Gasteiger charge is -2.10. The Labute approximate surface area is 130 Å². The maximum Gasteiger partial charge on any atom is 0.260 e. The van der Waals surface area contributed by atoms with E-state index in [9.17, 15) is 4.79 Å². The second kappa shape index (κ2) is 6.39. The monoisotopic (exact) mass is 296 g/mol. The summed E-state index contributed by atoms with van der Waals surface area (Å²) in [4.78, 5) is 21.0. The largest absolute Gasteiger partial charge is 0.404 e. The molecule has 1 heterocycles.